The highest BCUT2D eigenvalue weighted by atomic mass is 32.1. The van der Waals surface area contributed by atoms with Gasteiger partial charge in [0.15, 0.2) is 0 Å². The van der Waals surface area contributed by atoms with Crippen LogP contribution in [0, 0.1) is 6.92 Å². The fourth-order valence-electron chi connectivity index (χ4n) is 11.5. The third kappa shape index (κ3) is 5.37. The molecule has 302 valence electrons. The van der Waals surface area contributed by atoms with E-state index >= 15 is 0 Å². The minimum Gasteiger partial charge on any atom is -0.376 e. The number of benzene rings is 9. The quantitative estimate of drug-likeness (QED) is 0.164. The number of thiophene rings is 1. The van der Waals surface area contributed by atoms with E-state index in [0.29, 0.717) is 0 Å². The van der Waals surface area contributed by atoms with Crippen LogP contribution < -0.4 is 20.6 Å². The maximum absolute atomic E-state index is 2.71. The first-order chi connectivity index (χ1) is 30.6. The molecule has 3 aliphatic rings. The second-order valence-corrected chi connectivity index (χ2v) is 20.7. The molecule has 0 fully saturated rings. The minimum absolute atomic E-state index is 0.0591. The lowest BCUT2D eigenvalue weighted by atomic mass is 9.43. The zero-order valence-corrected chi connectivity index (χ0v) is 37.3. The molecule has 0 N–H and O–H groups in total. The summed E-state index contributed by atoms with van der Waals surface area (Å²) in [6.07, 6.45) is 2.36. The van der Waals surface area contributed by atoms with Crippen molar-refractivity contribution in [1.82, 2.24) is 0 Å². The number of anilines is 5. The topological polar surface area (TPSA) is 6.48 Å². The fourth-order valence-corrected chi connectivity index (χ4v) is 12.7. The van der Waals surface area contributed by atoms with Gasteiger partial charge in [0.2, 0.25) is 0 Å². The second-order valence-electron chi connectivity index (χ2n) is 19.6. The highest BCUT2D eigenvalue weighted by molar-refractivity contribution is 7.26. The predicted octanol–water partition coefficient (Wildman–Crippen LogP) is 15.4. The van der Waals surface area contributed by atoms with Crippen LogP contribution in [-0.2, 0) is 10.8 Å². The third-order valence-electron chi connectivity index (χ3n) is 14.9. The van der Waals surface area contributed by atoms with Crippen LogP contribution in [0.2, 0.25) is 0 Å². The summed E-state index contributed by atoms with van der Waals surface area (Å²) in [5.41, 5.74) is 18.5. The van der Waals surface area contributed by atoms with Crippen molar-refractivity contribution in [1.29, 1.82) is 0 Å². The minimum atomic E-state index is -0.0926. The Morgan fingerprint density at radius 2 is 1.10 bits per heavy atom. The van der Waals surface area contributed by atoms with Crippen LogP contribution in [0.5, 0.6) is 0 Å². The monoisotopic (exact) mass is 826 g/mol. The highest BCUT2D eigenvalue weighted by Gasteiger charge is 2.47. The molecule has 10 aromatic rings. The van der Waals surface area contributed by atoms with Gasteiger partial charge in [-0.2, -0.15) is 0 Å². The van der Waals surface area contributed by atoms with Gasteiger partial charge in [0, 0.05) is 43.8 Å². The van der Waals surface area contributed by atoms with E-state index in [1.165, 1.54) is 133 Å². The van der Waals surface area contributed by atoms with Crippen molar-refractivity contribution in [2.45, 2.75) is 58.3 Å². The summed E-state index contributed by atoms with van der Waals surface area (Å²) in [6, 6.07) is 64.7. The first-order valence-electron chi connectivity index (χ1n) is 22.6. The first kappa shape index (κ1) is 37.0. The highest BCUT2D eigenvalue weighted by Crippen LogP contribution is 2.55. The van der Waals surface area contributed by atoms with Gasteiger partial charge >= 0.3 is 6.85 Å². The van der Waals surface area contributed by atoms with Gasteiger partial charge in [-0.15, -0.1) is 11.3 Å². The summed E-state index contributed by atoms with van der Waals surface area (Å²) in [5, 5.41) is 7.68. The number of nitrogens with zero attached hydrogens (tertiary/aromatic N) is 2. The van der Waals surface area contributed by atoms with Crippen LogP contribution in [0.25, 0.3) is 64.0 Å². The predicted molar refractivity (Wildman–Crippen MR) is 274 cm³/mol. The first-order valence-corrected chi connectivity index (χ1v) is 23.4. The molecule has 0 radical (unpaired) electrons. The van der Waals surface area contributed by atoms with Gasteiger partial charge in [-0.3, -0.25) is 0 Å². The van der Waals surface area contributed by atoms with Crippen LogP contribution in [0.15, 0.2) is 170 Å². The summed E-state index contributed by atoms with van der Waals surface area (Å²) in [7, 11) is 0. The number of aryl methyl sites for hydroxylation is 1. The van der Waals surface area contributed by atoms with E-state index in [4.69, 9.17) is 0 Å². The van der Waals surface area contributed by atoms with E-state index in [1.54, 1.807) is 0 Å². The summed E-state index contributed by atoms with van der Waals surface area (Å²) >= 11 is 1.95. The average molecular weight is 827 g/mol. The molecule has 0 unspecified atom stereocenters. The Hall–Kier alpha value is -6.62. The molecule has 0 saturated heterocycles. The van der Waals surface area contributed by atoms with Gasteiger partial charge < -0.3 is 9.71 Å². The molecule has 1 aromatic heterocycles. The van der Waals surface area contributed by atoms with Gasteiger partial charge in [-0.05, 0) is 145 Å². The van der Waals surface area contributed by atoms with Crippen LogP contribution in [-0.4, -0.2) is 6.85 Å². The van der Waals surface area contributed by atoms with E-state index in [0.717, 1.165) is 0 Å². The average Bonchev–Trinajstić information content (AvgIpc) is 3.68. The largest absolute Gasteiger partial charge is 0.376 e. The SMILES string of the molecule is Cc1cc2c(cc1N1c3cc4ccccc4cc3B3c4c(cc5c(sc6ccccc65)c41)-c1cc4ccccc4cc1N3c1ccc(-c3ccccc3)cc1)C(C)(C)CCC2(C)C. The molecule has 1 aliphatic carbocycles. The van der Waals surface area contributed by atoms with Gasteiger partial charge in [-0.25, -0.2) is 0 Å². The van der Waals surface area contributed by atoms with Crippen LogP contribution in [0.3, 0.4) is 0 Å². The molecule has 0 amide bonds. The lowest BCUT2D eigenvalue weighted by Crippen LogP contribution is -2.61. The van der Waals surface area contributed by atoms with Crippen molar-refractivity contribution in [3.05, 3.63) is 187 Å². The van der Waals surface area contributed by atoms with E-state index in [1.807, 2.05) is 11.3 Å². The number of hydrogen-bond donors (Lipinski definition) is 0. The van der Waals surface area contributed by atoms with Gasteiger partial charge in [-0.1, -0.05) is 149 Å². The molecule has 0 atom stereocenters. The molecular formula is C59H47BN2S. The maximum Gasteiger partial charge on any atom is 0.333 e. The van der Waals surface area contributed by atoms with E-state index in [2.05, 4.69) is 214 Å². The molecule has 0 bridgehead atoms. The van der Waals surface area contributed by atoms with Gasteiger partial charge in [0.1, 0.15) is 0 Å². The fraction of sp³-hybridized carbons (Fsp3) is 0.153. The molecule has 3 heterocycles. The zero-order valence-electron chi connectivity index (χ0n) is 36.5. The normalized spacial score (nSPS) is 15.7. The number of rotatable bonds is 3. The van der Waals surface area contributed by atoms with E-state index < -0.39 is 0 Å². The van der Waals surface area contributed by atoms with Crippen molar-refractivity contribution in [2.75, 3.05) is 9.71 Å². The molecule has 4 heteroatoms. The van der Waals surface area contributed by atoms with E-state index in [-0.39, 0.29) is 17.7 Å². The Morgan fingerprint density at radius 1 is 0.508 bits per heavy atom. The molecule has 9 aromatic carbocycles. The zero-order chi connectivity index (χ0) is 42.4. The van der Waals surface area contributed by atoms with Crippen molar-refractivity contribution in [2.24, 2.45) is 0 Å². The standard InChI is InChI=1S/C59H47BN2S/c1-36-29-48-49(59(4,5)28-27-58(48,2)3)35-51(36)61-53-33-42-20-12-10-18-40(42)31-50(53)60-55-46(34-47-44-21-13-14-22-54(44)63-57(47)56(55)61)45-30-39-17-9-11-19-41(39)32-52(45)62(60)43-25-23-38(24-26-43)37-15-7-6-8-16-37/h6-26,29-35H,27-28H2,1-5H3. The third-order valence-corrected chi connectivity index (χ3v) is 16.1. The van der Waals surface area contributed by atoms with E-state index in [9.17, 15) is 0 Å². The van der Waals surface area contributed by atoms with Crippen LogP contribution in [0.4, 0.5) is 28.4 Å². The molecular weight excluding hydrogens is 780 g/mol. The maximum atomic E-state index is 2.71. The Kier molecular flexibility index (Phi) is 7.75. The number of fused-ring (bicyclic) bond motifs is 11. The van der Waals surface area contributed by atoms with Crippen molar-refractivity contribution < 1.29 is 0 Å². The van der Waals surface area contributed by atoms with Gasteiger partial charge in [0.25, 0.3) is 0 Å². The Balaban J connectivity index is 1.19. The van der Waals surface area contributed by atoms with Crippen LogP contribution >= 0.6 is 11.3 Å². The molecule has 2 aliphatic heterocycles. The van der Waals surface area contributed by atoms with Crippen molar-refractivity contribution in [3.63, 3.8) is 0 Å². The number of hydrogen-bond acceptors (Lipinski definition) is 3. The van der Waals surface area contributed by atoms with Crippen molar-refractivity contribution in [3.8, 4) is 22.3 Å². The summed E-state index contributed by atoms with van der Waals surface area (Å²) in [5.74, 6) is 0. The second kappa shape index (κ2) is 13.2. The van der Waals surface area contributed by atoms with Crippen LogP contribution in [0.1, 0.15) is 57.2 Å². The van der Waals surface area contributed by atoms with Gasteiger partial charge in [0.05, 0.1) is 10.4 Å². The molecule has 0 spiro atoms. The summed E-state index contributed by atoms with van der Waals surface area (Å²) in [4.78, 5) is 5.39. The molecule has 63 heavy (non-hydrogen) atoms. The van der Waals surface area contributed by atoms with Crippen molar-refractivity contribution >= 4 is 99.3 Å². The Morgan fingerprint density at radius 3 is 1.81 bits per heavy atom. The Bertz CT molecular complexity index is 3540. The molecule has 2 nitrogen and oxygen atoms in total. The molecule has 0 saturated carbocycles. The Labute approximate surface area is 374 Å². The lowest BCUT2D eigenvalue weighted by molar-refractivity contribution is 0.332. The lowest BCUT2D eigenvalue weighted by Gasteiger charge is -2.47. The summed E-state index contributed by atoms with van der Waals surface area (Å²) in [6.45, 7) is 12.1. The molecule has 13 rings (SSSR count). The summed E-state index contributed by atoms with van der Waals surface area (Å²) < 4.78 is 2.67. The smallest absolute Gasteiger partial charge is 0.333 e.